The van der Waals surface area contributed by atoms with Gasteiger partial charge in [-0.2, -0.15) is 0 Å². The first-order valence-corrected chi connectivity index (χ1v) is 7.10. The number of pyridine rings is 1. The minimum absolute atomic E-state index is 0.0352. The van der Waals surface area contributed by atoms with E-state index < -0.39 is 0 Å². The molecule has 1 aromatic heterocycles. The number of hydrogen-bond donors (Lipinski definition) is 2. The van der Waals surface area contributed by atoms with Crippen LogP contribution in [0.15, 0.2) is 24.4 Å². The Balaban J connectivity index is 2.03. The summed E-state index contributed by atoms with van der Waals surface area (Å²) in [5, 5.41) is 6.45. The smallest absolute Gasteiger partial charge is 0.226 e. The molecule has 2 N–H and O–H groups in total. The second kappa shape index (κ2) is 6.15. The van der Waals surface area contributed by atoms with E-state index in [0.29, 0.717) is 0 Å². The summed E-state index contributed by atoms with van der Waals surface area (Å²) in [4.78, 5) is 16.9. The average Bonchev–Trinajstić information content (AvgIpc) is 2.48. The van der Waals surface area contributed by atoms with Crippen molar-refractivity contribution in [2.75, 3.05) is 13.1 Å². The van der Waals surface area contributed by atoms with Gasteiger partial charge in [0.2, 0.25) is 5.91 Å². The Morgan fingerprint density at radius 2 is 2.21 bits per heavy atom. The van der Waals surface area contributed by atoms with Crippen molar-refractivity contribution in [3.05, 3.63) is 30.1 Å². The number of amides is 1. The van der Waals surface area contributed by atoms with Crippen LogP contribution >= 0.6 is 0 Å². The summed E-state index contributed by atoms with van der Waals surface area (Å²) < 4.78 is 0. The summed E-state index contributed by atoms with van der Waals surface area (Å²) in [6, 6.07) is 5.75. The third kappa shape index (κ3) is 3.13. The summed E-state index contributed by atoms with van der Waals surface area (Å²) in [6.07, 6.45) is 4.50. The van der Waals surface area contributed by atoms with Gasteiger partial charge in [0.1, 0.15) is 0 Å². The normalized spacial score (nSPS) is 19.7. The van der Waals surface area contributed by atoms with Crippen molar-refractivity contribution in [1.29, 1.82) is 0 Å². The van der Waals surface area contributed by atoms with Crippen LogP contribution in [-0.4, -0.2) is 24.0 Å². The maximum absolute atomic E-state index is 12.6. The molecule has 0 unspecified atom stereocenters. The van der Waals surface area contributed by atoms with Crippen molar-refractivity contribution in [2.45, 2.75) is 39.2 Å². The minimum atomic E-state index is -0.200. The van der Waals surface area contributed by atoms with Gasteiger partial charge in [-0.1, -0.05) is 13.0 Å². The Morgan fingerprint density at radius 1 is 1.47 bits per heavy atom. The van der Waals surface area contributed by atoms with Crippen LogP contribution in [0.25, 0.3) is 0 Å². The van der Waals surface area contributed by atoms with Crippen LogP contribution in [0.1, 0.15) is 44.8 Å². The number of nitrogens with one attached hydrogen (secondary N) is 2. The third-order valence-electron chi connectivity index (χ3n) is 4.20. The van der Waals surface area contributed by atoms with Crippen molar-refractivity contribution in [3.63, 3.8) is 0 Å². The molecule has 0 bridgehead atoms. The highest BCUT2D eigenvalue weighted by atomic mass is 16.2. The van der Waals surface area contributed by atoms with E-state index in [1.165, 1.54) is 0 Å². The first-order valence-electron chi connectivity index (χ1n) is 7.10. The first-order chi connectivity index (χ1) is 9.18. The molecule has 2 heterocycles. The lowest BCUT2D eigenvalue weighted by molar-refractivity contribution is -0.133. The summed E-state index contributed by atoms with van der Waals surface area (Å²) in [5.74, 6) is 0.176. The molecular weight excluding hydrogens is 238 g/mol. The van der Waals surface area contributed by atoms with Gasteiger partial charge in [0, 0.05) is 6.20 Å². The first kappa shape index (κ1) is 14.0. The molecule has 1 aliphatic heterocycles. The molecule has 1 atom stereocenters. The minimum Gasteiger partial charge on any atom is -0.348 e. The Morgan fingerprint density at radius 3 is 2.79 bits per heavy atom. The lowest BCUT2D eigenvalue weighted by atomic mass is 9.75. The lowest BCUT2D eigenvalue weighted by Crippen LogP contribution is -2.47. The van der Waals surface area contributed by atoms with Gasteiger partial charge in [-0.3, -0.25) is 9.78 Å². The maximum Gasteiger partial charge on any atom is 0.226 e. The van der Waals surface area contributed by atoms with Crippen LogP contribution in [0.3, 0.4) is 0 Å². The highest BCUT2D eigenvalue weighted by Gasteiger charge is 2.38. The van der Waals surface area contributed by atoms with E-state index in [0.717, 1.165) is 38.0 Å². The fourth-order valence-electron chi connectivity index (χ4n) is 2.70. The van der Waals surface area contributed by atoms with Gasteiger partial charge in [0.25, 0.3) is 0 Å². The zero-order chi connectivity index (χ0) is 13.7. The predicted octanol–water partition coefficient (Wildman–Crippen LogP) is 2.04. The van der Waals surface area contributed by atoms with E-state index in [1.807, 2.05) is 25.1 Å². The number of carbonyl (C=O) groups is 1. The van der Waals surface area contributed by atoms with E-state index in [1.54, 1.807) is 6.20 Å². The van der Waals surface area contributed by atoms with Gasteiger partial charge in [0.05, 0.1) is 17.2 Å². The molecule has 0 radical (unpaired) electrons. The molecule has 19 heavy (non-hydrogen) atoms. The fourth-order valence-corrected chi connectivity index (χ4v) is 2.70. The molecular formula is C15H23N3O. The standard InChI is InChI=1S/C15H23N3O/c1-3-15(7-10-16-11-8-15)14(19)18-12(2)13-6-4-5-9-17-13/h4-6,9,12,16H,3,7-8,10-11H2,1-2H3,(H,18,19)/t12-/m0/s1. The Bertz CT molecular complexity index is 413. The van der Waals surface area contributed by atoms with Gasteiger partial charge < -0.3 is 10.6 Å². The molecule has 104 valence electrons. The van der Waals surface area contributed by atoms with E-state index in [2.05, 4.69) is 22.5 Å². The molecule has 1 aromatic rings. The van der Waals surface area contributed by atoms with Crippen LogP contribution in [-0.2, 0) is 4.79 Å². The van der Waals surface area contributed by atoms with E-state index >= 15 is 0 Å². The predicted molar refractivity (Wildman–Crippen MR) is 75.6 cm³/mol. The lowest BCUT2D eigenvalue weighted by Gasteiger charge is -2.36. The quantitative estimate of drug-likeness (QED) is 0.872. The van der Waals surface area contributed by atoms with Crippen LogP contribution in [0.4, 0.5) is 0 Å². The molecule has 0 aliphatic carbocycles. The monoisotopic (exact) mass is 261 g/mol. The van der Waals surface area contributed by atoms with Crippen LogP contribution in [0.2, 0.25) is 0 Å². The topological polar surface area (TPSA) is 54.0 Å². The molecule has 2 rings (SSSR count). The molecule has 1 amide bonds. The van der Waals surface area contributed by atoms with Crippen molar-refractivity contribution in [1.82, 2.24) is 15.6 Å². The van der Waals surface area contributed by atoms with Crippen LogP contribution in [0.5, 0.6) is 0 Å². The van der Waals surface area contributed by atoms with Crippen molar-refractivity contribution in [3.8, 4) is 0 Å². The van der Waals surface area contributed by atoms with E-state index in [-0.39, 0.29) is 17.4 Å². The van der Waals surface area contributed by atoms with Gasteiger partial charge in [0.15, 0.2) is 0 Å². The number of carbonyl (C=O) groups excluding carboxylic acids is 1. The van der Waals surface area contributed by atoms with Gasteiger partial charge in [-0.25, -0.2) is 0 Å². The number of rotatable bonds is 4. The van der Waals surface area contributed by atoms with Crippen LogP contribution in [0, 0.1) is 5.41 Å². The molecule has 1 aliphatic rings. The number of piperidine rings is 1. The maximum atomic E-state index is 12.6. The molecule has 4 nitrogen and oxygen atoms in total. The van der Waals surface area contributed by atoms with Gasteiger partial charge in [-0.15, -0.1) is 0 Å². The summed E-state index contributed by atoms with van der Waals surface area (Å²) >= 11 is 0. The zero-order valence-corrected chi connectivity index (χ0v) is 11.8. The average molecular weight is 261 g/mol. The highest BCUT2D eigenvalue weighted by Crippen LogP contribution is 2.33. The zero-order valence-electron chi connectivity index (χ0n) is 11.8. The molecule has 1 saturated heterocycles. The van der Waals surface area contributed by atoms with Crippen molar-refractivity contribution >= 4 is 5.91 Å². The van der Waals surface area contributed by atoms with Gasteiger partial charge >= 0.3 is 0 Å². The molecule has 0 saturated carbocycles. The highest BCUT2D eigenvalue weighted by molar-refractivity contribution is 5.83. The Kier molecular flexibility index (Phi) is 4.53. The van der Waals surface area contributed by atoms with E-state index in [9.17, 15) is 4.79 Å². The van der Waals surface area contributed by atoms with Crippen molar-refractivity contribution < 1.29 is 4.79 Å². The molecule has 0 spiro atoms. The van der Waals surface area contributed by atoms with Gasteiger partial charge in [-0.05, 0) is 51.4 Å². The number of hydrogen-bond acceptors (Lipinski definition) is 3. The number of aromatic nitrogens is 1. The summed E-state index contributed by atoms with van der Waals surface area (Å²) in [7, 11) is 0. The summed E-state index contributed by atoms with van der Waals surface area (Å²) in [6.45, 7) is 5.96. The third-order valence-corrected chi connectivity index (χ3v) is 4.20. The molecule has 1 fully saturated rings. The van der Waals surface area contributed by atoms with Crippen LogP contribution < -0.4 is 10.6 Å². The van der Waals surface area contributed by atoms with E-state index in [4.69, 9.17) is 0 Å². The largest absolute Gasteiger partial charge is 0.348 e. The Hall–Kier alpha value is -1.42. The molecule has 0 aromatic carbocycles. The second-order valence-corrected chi connectivity index (χ2v) is 5.33. The number of nitrogens with zero attached hydrogens (tertiary/aromatic N) is 1. The SMILES string of the molecule is CCC1(C(=O)N[C@@H](C)c2ccccn2)CCNCC1. The van der Waals surface area contributed by atoms with Crippen molar-refractivity contribution in [2.24, 2.45) is 5.41 Å². The fraction of sp³-hybridized carbons (Fsp3) is 0.600. The Labute approximate surface area is 115 Å². The summed E-state index contributed by atoms with van der Waals surface area (Å²) in [5.41, 5.74) is 0.713. The second-order valence-electron chi connectivity index (χ2n) is 5.33. The molecule has 4 heteroatoms.